The van der Waals surface area contributed by atoms with E-state index in [1.165, 1.54) is 0 Å². The fourth-order valence-electron chi connectivity index (χ4n) is 2.33. The van der Waals surface area contributed by atoms with E-state index in [9.17, 15) is 4.79 Å². The van der Waals surface area contributed by atoms with Gasteiger partial charge in [0.15, 0.2) is 17.5 Å². The molecule has 118 valence electrons. The number of aryl methyl sites for hydroxylation is 2. The molecular formula is C15H17N7O. The first-order chi connectivity index (χ1) is 11.1. The Labute approximate surface area is 133 Å². The average Bonchev–Trinajstić information content (AvgIpc) is 3.11. The summed E-state index contributed by atoms with van der Waals surface area (Å²) in [6, 6.07) is 7.43. The average molecular weight is 311 g/mol. The number of primary amides is 1. The largest absolute Gasteiger partial charge is 0.369 e. The molecule has 0 unspecified atom stereocenters. The van der Waals surface area contributed by atoms with Crippen LogP contribution in [0.5, 0.6) is 0 Å². The van der Waals surface area contributed by atoms with E-state index in [1.54, 1.807) is 10.9 Å². The third-order valence-electron chi connectivity index (χ3n) is 3.36. The maximum absolute atomic E-state index is 11.2. The van der Waals surface area contributed by atoms with Crippen molar-refractivity contribution >= 4 is 5.91 Å². The second-order valence-corrected chi connectivity index (χ2v) is 5.08. The third-order valence-corrected chi connectivity index (χ3v) is 3.36. The van der Waals surface area contributed by atoms with E-state index in [0.717, 1.165) is 12.2 Å². The minimum Gasteiger partial charge on any atom is -0.369 e. The van der Waals surface area contributed by atoms with Gasteiger partial charge in [-0.05, 0) is 32.0 Å². The number of nitrogens with zero attached hydrogens (tertiary/aromatic N) is 6. The molecule has 3 rings (SSSR count). The Morgan fingerprint density at radius 3 is 2.74 bits per heavy atom. The molecule has 0 spiro atoms. The van der Waals surface area contributed by atoms with Gasteiger partial charge in [0, 0.05) is 18.4 Å². The SMILES string of the molecule is CCn1nc(-c2nc(CC(N)=O)nn2-c2ccccn2)cc1C. The standard InChI is InChI=1S/C15H17N7O/c1-3-21-10(2)8-11(19-21)15-18-13(9-12(16)23)20-22(15)14-6-4-5-7-17-14/h4-8H,3,9H2,1-2H3,(H2,16,23). The lowest BCUT2D eigenvalue weighted by atomic mass is 10.3. The van der Waals surface area contributed by atoms with Crippen molar-refractivity contribution in [2.45, 2.75) is 26.8 Å². The van der Waals surface area contributed by atoms with Crippen LogP contribution in [0.3, 0.4) is 0 Å². The smallest absolute Gasteiger partial charge is 0.225 e. The van der Waals surface area contributed by atoms with E-state index >= 15 is 0 Å². The van der Waals surface area contributed by atoms with Gasteiger partial charge in [0.25, 0.3) is 0 Å². The summed E-state index contributed by atoms with van der Waals surface area (Å²) in [7, 11) is 0. The van der Waals surface area contributed by atoms with Gasteiger partial charge >= 0.3 is 0 Å². The summed E-state index contributed by atoms with van der Waals surface area (Å²) in [5, 5.41) is 8.88. The van der Waals surface area contributed by atoms with E-state index < -0.39 is 5.91 Å². The Balaban J connectivity index is 2.13. The molecule has 3 aromatic rings. The molecule has 8 heteroatoms. The molecule has 0 fully saturated rings. The van der Waals surface area contributed by atoms with E-state index in [0.29, 0.717) is 23.2 Å². The summed E-state index contributed by atoms with van der Waals surface area (Å²) >= 11 is 0. The van der Waals surface area contributed by atoms with Crippen molar-refractivity contribution in [2.24, 2.45) is 5.73 Å². The summed E-state index contributed by atoms with van der Waals surface area (Å²) in [5.41, 5.74) is 6.95. The zero-order valence-electron chi connectivity index (χ0n) is 13.0. The van der Waals surface area contributed by atoms with Gasteiger partial charge in [0.1, 0.15) is 5.69 Å². The van der Waals surface area contributed by atoms with Crippen molar-refractivity contribution in [3.05, 3.63) is 42.0 Å². The number of nitrogens with two attached hydrogens (primary N) is 1. The van der Waals surface area contributed by atoms with E-state index in [-0.39, 0.29) is 6.42 Å². The van der Waals surface area contributed by atoms with Crippen molar-refractivity contribution in [1.29, 1.82) is 0 Å². The molecule has 0 radical (unpaired) electrons. The van der Waals surface area contributed by atoms with Gasteiger partial charge in [0.05, 0.1) is 6.42 Å². The molecule has 0 bridgehead atoms. The molecule has 3 aromatic heterocycles. The van der Waals surface area contributed by atoms with Gasteiger partial charge in [-0.15, -0.1) is 5.10 Å². The number of hydrogen-bond acceptors (Lipinski definition) is 5. The van der Waals surface area contributed by atoms with Crippen molar-refractivity contribution in [3.63, 3.8) is 0 Å². The molecule has 3 heterocycles. The maximum atomic E-state index is 11.2. The topological polar surface area (TPSA) is 105 Å². The highest BCUT2D eigenvalue weighted by Gasteiger charge is 2.18. The van der Waals surface area contributed by atoms with Gasteiger partial charge in [0.2, 0.25) is 5.91 Å². The minimum absolute atomic E-state index is 0.0275. The van der Waals surface area contributed by atoms with E-state index in [1.807, 2.05) is 42.8 Å². The summed E-state index contributed by atoms with van der Waals surface area (Å²) < 4.78 is 3.46. The molecule has 1 amide bonds. The van der Waals surface area contributed by atoms with Crippen LogP contribution in [-0.2, 0) is 17.8 Å². The van der Waals surface area contributed by atoms with Gasteiger partial charge in [-0.3, -0.25) is 9.48 Å². The fourth-order valence-corrected chi connectivity index (χ4v) is 2.33. The van der Waals surface area contributed by atoms with E-state index in [2.05, 4.69) is 20.2 Å². The van der Waals surface area contributed by atoms with Crippen molar-refractivity contribution in [3.8, 4) is 17.3 Å². The highest BCUT2D eigenvalue weighted by Crippen LogP contribution is 2.20. The maximum Gasteiger partial charge on any atom is 0.225 e. The first kappa shape index (κ1) is 14.9. The van der Waals surface area contributed by atoms with Crippen LogP contribution in [0.1, 0.15) is 18.4 Å². The van der Waals surface area contributed by atoms with Crippen LogP contribution in [0.4, 0.5) is 0 Å². The Morgan fingerprint density at radius 1 is 1.30 bits per heavy atom. The first-order valence-electron chi connectivity index (χ1n) is 7.29. The Kier molecular flexibility index (Phi) is 3.88. The predicted molar refractivity (Wildman–Crippen MR) is 83.7 cm³/mol. The second-order valence-electron chi connectivity index (χ2n) is 5.08. The molecule has 0 aromatic carbocycles. The molecule has 0 atom stereocenters. The van der Waals surface area contributed by atoms with Gasteiger partial charge in [-0.2, -0.15) is 9.78 Å². The summed E-state index contributed by atoms with van der Waals surface area (Å²) in [4.78, 5) is 19.9. The molecule has 0 saturated carbocycles. The molecule has 0 aliphatic carbocycles. The number of carbonyl (C=O) groups excluding carboxylic acids is 1. The third kappa shape index (κ3) is 2.96. The predicted octanol–water partition coefficient (Wildman–Crippen LogP) is 0.882. The summed E-state index contributed by atoms with van der Waals surface area (Å²) in [6.07, 6.45) is 1.64. The Bertz CT molecular complexity index is 835. The van der Waals surface area contributed by atoms with Gasteiger partial charge in [-0.25, -0.2) is 9.97 Å². The van der Waals surface area contributed by atoms with Crippen molar-refractivity contribution in [1.82, 2.24) is 29.5 Å². The lowest BCUT2D eigenvalue weighted by Gasteiger charge is -2.02. The monoisotopic (exact) mass is 311 g/mol. The highest BCUT2D eigenvalue weighted by molar-refractivity contribution is 5.75. The second kappa shape index (κ2) is 5.99. The first-order valence-corrected chi connectivity index (χ1v) is 7.29. The van der Waals surface area contributed by atoms with E-state index in [4.69, 9.17) is 5.73 Å². The van der Waals surface area contributed by atoms with Gasteiger partial charge < -0.3 is 5.73 Å². The Hall–Kier alpha value is -3.03. The highest BCUT2D eigenvalue weighted by atomic mass is 16.1. The summed E-state index contributed by atoms with van der Waals surface area (Å²) in [5.74, 6) is 1.01. The number of pyridine rings is 1. The molecule has 23 heavy (non-hydrogen) atoms. The number of carbonyl (C=O) groups is 1. The lowest BCUT2D eigenvalue weighted by Crippen LogP contribution is -2.14. The number of hydrogen-bond donors (Lipinski definition) is 1. The molecular weight excluding hydrogens is 294 g/mol. The molecule has 0 aliphatic rings. The Morgan fingerprint density at radius 2 is 2.13 bits per heavy atom. The fraction of sp³-hybridized carbons (Fsp3) is 0.267. The quantitative estimate of drug-likeness (QED) is 0.753. The van der Waals surface area contributed by atoms with Crippen LogP contribution in [-0.4, -0.2) is 35.4 Å². The van der Waals surface area contributed by atoms with Crippen LogP contribution in [0.15, 0.2) is 30.5 Å². The zero-order valence-corrected chi connectivity index (χ0v) is 13.0. The molecule has 2 N–H and O–H groups in total. The molecule has 0 aliphatic heterocycles. The van der Waals surface area contributed by atoms with Gasteiger partial charge in [-0.1, -0.05) is 6.07 Å². The van der Waals surface area contributed by atoms with Crippen LogP contribution in [0.2, 0.25) is 0 Å². The van der Waals surface area contributed by atoms with Crippen LogP contribution in [0, 0.1) is 6.92 Å². The van der Waals surface area contributed by atoms with Crippen molar-refractivity contribution in [2.75, 3.05) is 0 Å². The molecule has 8 nitrogen and oxygen atoms in total. The van der Waals surface area contributed by atoms with Crippen LogP contribution < -0.4 is 5.73 Å². The zero-order chi connectivity index (χ0) is 16.4. The number of amides is 1. The number of rotatable bonds is 5. The lowest BCUT2D eigenvalue weighted by molar-refractivity contribution is -0.117. The summed E-state index contributed by atoms with van der Waals surface area (Å²) in [6.45, 7) is 4.76. The number of aromatic nitrogens is 6. The van der Waals surface area contributed by atoms with Crippen molar-refractivity contribution < 1.29 is 4.79 Å². The normalized spacial score (nSPS) is 10.9. The minimum atomic E-state index is -0.481. The van der Waals surface area contributed by atoms with Crippen LogP contribution in [0.25, 0.3) is 17.3 Å². The molecule has 0 saturated heterocycles. The van der Waals surface area contributed by atoms with Crippen LogP contribution >= 0.6 is 0 Å².